The van der Waals surface area contributed by atoms with E-state index in [1.807, 2.05) is 20.9 Å². The highest BCUT2D eigenvalue weighted by molar-refractivity contribution is 6.08. The van der Waals surface area contributed by atoms with Crippen LogP contribution in [0, 0.1) is 51.8 Å². The van der Waals surface area contributed by atoms with Crippen molar-refractivity contribution in [2.45, 2.75) is 168 Å². The number of benzene rings is 1. The van der Waals surface area contributed by atoms with Gasteiger partial charge in [-0.05, 0) is 143 Å². The Hall–Kier alpha value is -2.79. The number of carbonyl (C=O) groups is 2. The number of ketones is 2. The maximum absolute atomic E-state index is 15.3. The number of quaternary nitrogens is 1. The predicted octanol–water partition coefficient (Wildman–Crippen LogP) is 6.93. The van der Waals surface area contributed by atoms with Gasteiger partial charge < -0.3 is 25.0 Å². The summed E-state index contributed by atoms with van der Waals surface area (Å²) in [5.41, 5.74) is 7.15. The smallest absolute Gasteiger partial charge is 0.160 e. The van der Waals surface area contributed by atoms with Gasteiger partial charge in [0.1, 0.15) is 23.8 Å². The van der Waals surface area contributed by atoms with Crippen molar-refractivity contribution in [1.82, 2.24) is 5.32 Å². The topological polar surface area (TPSA) is 125 Å². The highest BCUT2D eigenvalue weighted by Gasteiger charge is 2.73. The number of rotatable bonds is 9. The van der Waals surface area contributed by atoms with Gasteiger partial charge in [-0.25, -0.2) is 0 Å². The van der Waals surface area contributed by atoms with Gasteiger partial charge >= 0.3 is 0 Å². The first-order valence-corrected chi connectivity index (χ1v) is 24.8. The standard InChI is InChI=1S/C54H75N3O6/c1-31-22-32(24-35(23-31)33-13-20-62-21-14-33)25-36-29-57-30-37-42-43(50(4,26-39(59)48-49(2,3)63-48)15-10-34-28-56-44(36)45(34)57)38(58)27-54(42,8)53(7)17-11-40-51(5,18-19-55-9)41(60)12-16-52(40,6)47(53)46(37)61/h22-24,28-29,33,37,39-40,45-48,55,59,61H,10-21,25-27,30H2,1-9H3/p+1/t37-,39-,40+,45?,46-,47+,48+,50+,51+,52+,53+,54+/m1/s1. The Bertz CT molecular complexity index is 2220. The third-order valence-corrected chi connectivity index (χ3v) is 19.8. The zero-order valence-corrected chi connectivity index (χ0v) is 39.8. The summed E-state index contributed by atoms with van der Waals surface area (Å²) < 4.78 is 11.8. The van der Waals surface area contributed by atoms with Crippen molar-refractivity contribution < 1.29 is 34.2 Å². The lowest BCUT2D eigenvalue weighted by atomic mass is 9.34. The second-order valence-corrected chi connectivity index (χ2v) is 23.9. The van der Waals surface area contributed by atoms with Crippen LogP contribution in [0.15, 0.2) is 57.9 Å². The number of aliphatic imine (C=N–C) groups is 1. The van der Waals surface area contributed by atoms with E-state index in [0.29, 0.717) is 43.9 Å². The van der Waals surface area contributed by atoms with Crippen molar-refractivity contribution in [3.8, 4) is 0 Å². The van der Waals surface area contributed by atoms with Crippen molar-refractivity contribution in [1.29, 1.82) is 0 Å². The Labute approximate surface area is 376 Å². The summed E-state index contributed by atoms with van der Waals surface area (Å²) in [7, 11) is 1.97. The van der Waals surface area contributed by atoms with Crippen molar-refractivity contribution in [2.75, 3.05) is 33.4 Å². The Balaban J connectivity index is 1.09. The Kier molecular flexibility index (Phi) is 10.6. The van der Waals surface area contributed by atoms with E-state index in [-0.39, 0.29) is 46.5 Å². The SMILES string of the molecule is CNCC[C@]1(C)C(=O)CC[C@@]2(C)[C@H]1CC[C@@]1(C)[C@H]2[C@H](O)[C@@H]2C[NH+]3C=C(Cc4cc(C)cc(C5CCOCC5)c4)C4=NC=C(CC[C@@](C)(C[C@@H](O)[C@@H]5OC5(C)C)C5=C2[C@]1(C)CC5=O)C43. The molecule has 0 bridgehead atoms. The fourth-order valence-electron chi connectivity index (χ4n) is 16.5. The largest absolute Gasteiger partial charge is 0.392 e. The molecule has 13 atom stereocenters. The van der Waals surface area contributed by atoms with Crippen molar-refractivity contribution >= 4 is 17.3 Å². The third kappa shape index (κ3) is 6.61. The molecule has 1 aromatic carbocycles. The summed E-state index contributed by atoms with van der Waals surface area (Å²) in [5, 5.41) is 29.0. The van der Waals surface area contributed by atoms with Gasteiger partial charge in [-0.3, -0.25) is 19.5 Å². The van der Waals surface area contributed by atoms with Crippen LogP contribution in [-0.2, 0) is 25.5 Å². The number of nitrogens with one attached hydrogen (secondary N) is 2. The van der Waals surface area contributed by atoms with E-state index in [2.05, 4.69) is 77.5 Å². The van der Waals surface area contributed by atoms with Gasteiger partial charge in [0.2, 0.25) is 0 Å². The van der Waals surface area contributed by atoms with E-state index in [1.165, 1.54) is 38.3 Å². The van der Waals surface area contributed by atoms with Gasteiger partial charge in [-0.15, -0.1) is 0 Å². The van der Waals surface area contributed by atoms with E-state index in [0.717, 1.165) is 82.4 Å². The molecule has 1 aromatic rings. The average Bonchev–Trinajstić information content (AvgIpc) is 3.47. The van der Waals surface area contributed by atoms with E-state index in [4.69, 9.17) is 14.5 Å². The summed E-state index contributed by atoms with van der Waals surface area (Å²) in [5.74, 6) is 0.864. The molecule has 4 N–H and O–H groups in total. The molecule has 9 nitrogen and oxygen atoms in total. The fraction of sp³-hybridized carbons (Fsp3) is 0.722. The first kappa shape index (κ1) is 44.1. The number of Topliss-reactive ketones (excluding diaryl/α,β-unsaturated/α-hetero) is 2. The maximum Gasteiger partial charge on any atom is 0.160 e. The molecular formula is C54H76N3O6+. The Morgan fingerprint density at radius 2 is 1.73 bits per heavy atom. The van der Waals surface area contributed by atoms with Gasteiger partial charge in [0, 0.05) is 66.2 Å². The summed E-state index contributed by atoms with van der Waals surface area (Å²) in [6, 6.07) is 7.18. The minimum absolute atomic E-state index is 0.0532. The van der Waals surface area contributed by atoms with Gasteiger partial charge in [-0.2, -0.15) is 0 Å². The van der Waals surface area contributed by atoms with Crippen LogP contribution in [-0.4, -0.2) is 90.8 Å². The molecule has 342 valence electrons. The zero-order valence-electron chi connectivity index (χ0n) is 39.8. The monoisotopic (exact) mass is 863 g/mol. The van der Waals surface area contributed by atoms with E-state index in [9.17, 15) is 15.0 Å². The van der Waals surface area contributed by atoms with Crippen LogP contribution in [0.5, 0.6) is 0 Å². The van der Waals surface area contributed by atoms with Crippen LogP contribution in [0.1, 0.15) is 142 Å². The number of aliphatic hydroxyl groups is 2. The van der Waals surface area contributed by atoms with Crippen LogP contribution in [0.3, 0.4) is 0 Å². The molecule has 0 amide bonds. The van der Waals surface area contributed by atoms with E-state index >= 15 is 4.79 Å². The average molecular weight is 863 g/mol. The molecule has 9 aliphatic rings. The number of epoxide rings is 1. The quantitative estimate of drug-likeness (QED) is 0.199. The highest BCUT2D eigenvalue weighted by Crippen LogP contribution is 2.75. The number of hydrogen-bond donors (Lipinski definition) is 4. The number of hydrogen-bond acceptors (Lipinski definition) is 8. The second-order valence-electron chi connectivity index (χ2n) is 23.9. The number of allylic oxidation sites excluding steroid dienone is 1. The van der Waals surface area contributed by atoms with Crippen LogP contribution < -0.4 is 10.2 Å². The normalized spacial score (nSPS) is 43.3. The van der Waals surface area contributed by atoms with E-state index in [1.54, 1.807) is 0 Å². The minimum atomic E-state index is -0.716. The zero-order chi connectivity index (χ0) is 44.6. The second kappa shape index (κ2) is 15.1. The van der Waals surface area contributed by atoms with Gasteiger partial charge in [0.25, 0.3) is 0 Å². The number of carbonyl (C=O) groups excluding carboxylic acids is 2. The summed E-state index contributed by atoms with van der Waals surface area (Å²) in [4.78, 5) is 36.0. The first-order valence-electron chi connectivity index (χ1n) is 24.8. The highest BCUT2D eigenvalue weighted by atomic mass is 16.6. The minimum Gasteiger partial charge on any atom is -0.392 e. The van der Waals surface area contributed by atoms with Crippen LogP contribution in [0.2, 0.25) is 0 Å². The number of aliphatic hydroxyl groups excluding tert-OH is 2. The number of fused-ring (bicyclic) bond motifs is 4. The van der Waals surface area contributed by atoms with Crippen molar-refractivity contribution in [3.63, 3.8) is 0 Å². The number of ether oxygens (including phenoxy) is 2. The lowest BCUT2D eigenvalue weighted by molar-refractivity contribution is -0.857. The molecule has 5 heterocycles. The fourth-order valence-corrected chi connectivity index (χ4v) is 16.5. The summed E-state index contributed by atoms with van der Waals surface area (Å²) in [6.07, 6.45) is 12.0. The molecule has 63 heavy (non-hydrogen) atoms. The molecule has 4 aliphatic carbocycles. The summed E-state index contributed by atoms with van der Waals surface area (Å²) in [6.45, 7) is 21.0. The van der Waals surface area contributed by atoms with Crippen LogP contribution in [0.4, 0.5) is 0 Å². The van der Waals surface area contributed by atoms with Gasteiger partial charge in [0.15, 0.2) is 11.8 Å². The molecule has 0 aromatic heterocycles. The Morgan fingerprint density at radius 3 is 2.44 bits per heavy atom. The molecule has 5 aliphatic heterocycles. The van der Waals surface area contributed by atoms with E-state index < -0.39 is 34.1 Å². The molecule has 0 spiro atoms. The molecule has 2 unspecified atom stereocenters. The molecular weight excluding hydrogens is 787 g/mol. The van der Waals surface area contributed by atoms with Crippen LogP contribution >= 0.6 is 0 Å². The summed E-state index contributed by atoms with van der Waals surface area (Å²) >= 11 is 0. The Morgan fingerprint density at radius 1 is 0.984 bits per heavy atom. The number of nitrogens with zero attached hydrogens (tertiary/aromatic N) is 1. The molecule has 2 saturated heterocycles. The third-order valence-electron chi connectivity index (χ3n) is 19.8. The first-order chi connectivity index (χ1) is 29.8. The molecule has 5 fully saturated rings. The van der Waals surface area contributed by atoms with Gasteiger partial charge in [-0.1, -0.05) is 58.4 Å². The predicted molar refractivity (Wildman–Crippen MR) is 245 cm³/mol. The molecule has 0 radical (unpaired) electrons. The number of aryl methyl sites for hydroxylation is 1. The molecule has 9 heteroatoms. The van der Waals surface area contributed by atoms with Crippen LogP contribution in [0.25, 0.3) is 0 Å². The van der Waals surface area contributed by atoms with Crippen molar-refractivity contribution in [3.05, 3.63) is 69.6 Å². The maximum atomic E-state index is 15.3. The molecule has 3 saturated carbocycles. The van der Waals surface area contributed by atoms with Crippen molar-refractivity contribution in [2.24, 2.45) is 49.8 Å². The lowest BCUT2D eigenvalue weighted by Crippen LogP contribution is -3.12. The molecule has 10 rings (SSSR count). The lowest BCUT2D eigenvalue weighted by Gasteiger charge is -2.70. The van der Waals surface area contributed by atoms with Gasteiger partial charge in [0.05, 0.1) is 30.3 Å².